The van der Waals surface area contributed by atoms with E-state index in [4.69, 9.17) is 10.5 Å². The van der Waals surface area contributed by atoms with Crippen LogP contribution in [-0.4, -0.2) is 45.3 Å². The van der Waals surface area contributed by atoms with Crippen LogP contribution in [0.15, 0.2) is 0 Å². The average Bonchev–Trinajstić information content (AvgIpc) is 2.34. The number of rotatable bonds is 3. The van der Waals surface area contributed by atoms with E-state index in [1.54, 1.807) is 7.11 Å². The summed E-state index contributed by atoms with van der Waals surface area (Å²) >= 11 is 0. The third-order valence-corrected chi connectivity index (χ3v) is 2.51. The van der Waals surface area contributed by atoms with E-state index in [0.717, 1.165) is 26.2 Å². The summed E-state index contributed by atoms with van der Waals surface area (Å²) in [7, 11) is 3.88. The van der Waals surface area contributed by atoms with Crippen molar-refractivity contribution >= 4 is 0 Å². The van der Waals surface area contributed by atoms with Crippen molar-refractivity contribution in [2.75, 3.05) is 40.4 Å². The Morgan fingerprint density at radius 1 is 1.64 bits per heavy atom. The van der Waals surface area contributed by atoms with Gasteiger partial charge in [0.05, 0.1) is 6.61 Å². The Balaban J connectivity index is 2.48. The van der Waals surface area contributed by atoms with Crippen LogP contribution in [0.5, 0.6) is 0 Å². The normalized spacial score (nSPS) is 33.0. The summed E-state index contributed by atoms with van der Waals surface area (Å²) in [5.41, 5.74) is 5.95. The van der Waals surface area contributed by atoms with Gasteiger partial charge < -0.3 is 15.4 Å². The molecule has 3 nitrogen and oxygen atoms in total. The lowest BCUT2D eigenvalue weighted by Crippen LogP contribution is -2.37. The first-order valence-corrected chi connectivity index (χ1v) is 4.10. The Hall–Kier alpha value is -0.120. The van der Waals surface area contributed by atoms with Crippen LogP contribution in [0.1, 0.15) is 6.42 Å². The number of nitrogens with two attached hydrogens (primary N) is 1. The van der Waals surface area contributed by atoms with Crippen molar-refractivity contribution in [2.24, 2.45) is 11.1 Å². The molecule has 1 aliphatic rings. The number of nitrogens with zero attached hydrogens (tertiary/aromatic N) is 1. The largest absolute Gasteiger partial charge is 0.384 e. The van der Waals surface area contributed by atoms with Crippen molar-refractivity contribution in [1.82, 2.24) is 4.90 Å². The van der Waals surface area contributed by atoms with Gasteiger partial charge in [-0.2, -0.15) is 0 Å². The SMILES string of the molecule is COCC1(CN)CCN(C)C1. The van der Waals surface area contributed by atoms with Crippen LogP contribution < -0.4 is 5.73 Å². The first kappa shape index (κ1) is 8.97. The van der Waals surface area contributed by atoms with Crippen molar-refractivity contribution in [1.29, 1.82) is 0 Å². The molecule has 1 fully saturated rings. The van der Waals surface area contributed by atoms with Gasteiger partial charge in [0.15, 0.2) is 0 Å². The number of ether oxygens (including phenoxy) is 1. The van der Waals surface area contributed by atoms with Gasteiger partial charge in [0.1, 0.15) is 0 Å². The molecule has 1 saturated heterocycles. The van der Waals surface area contributed by atoms with Gasteiger partial charge in [0.25, 0.3) is 0 Å². The maximum absolute atomic E-state index is 5.71. The maximum Gasteiger partial charge on any atom is 0.0543 e. The van der Waals surface area contributed by atoms with Gasteiger partial charge in [0.2, 0.25) is 0 Å². The number of hydrogen-bond acceptors (Lipinski definition) is 3. The Kier molecular flexibility index (Phi) is 2.87. The molecule has 2 N–H and O–H groups in total. The van der Waals surface area contributed by atoms with E-state index in [1.807, 2.05) is 0 Å². The molecule has 1 heterocycles. The highest BCUT2D eigenvalue weighted by atomic mass is 16.5. The van der Waals surface area contributed by atoms with Crippen LogP contribution in [-0.2, 0) is 4.74 Å². The molecule has 1 rings (SSSR count). The summed E-state index contributed by atoms with van der Waals surface area (Å²) in [6.07, 6.45) is 1.17. The lowest BCUT2D eigenvalue weighted by atomic mass is 9.88. The number of methoxy groups -OCH3 is 1. The van der Waals surface area contributed by atoms with Gasteiger partial charge in [-0.1, -0.05) is 0 Å². The third kappa shape index (κ3) is 1.92. The van der Waals surface area contributed by atoms with Crippen LogP contribution in [0.4, 0.5) is 0 Å². The topological polar surface area (TPSA) is 38.5 Å². The van der Waals surface area contributed by atoms with E-state index in [-0.39, 0.29) is 5.41 Å². The van der Waals surface area contributed by atoms with Gasteiger partial charge in [-0.15, -0.1) is 0 Å². The smallest absolute Gasteiger partial charge is 0.0543 e. The van der Waals surface area contributed by atoms with Crippen LogP contribution >= 0.6 is 0 Å². The highest BCUT2D eigenvalue weighted by Crippen LogP contribution is 2.28. The van der Waals surface area contributed by atoms with Gasteiger partial charge in [0, 0.05) is 25.6 Å². The third-order valence-electron chi connectivity index (χ3n) is 2.51. The first-order valence-electron chi connectivity index (χ1n) is 4.10. The molecule has 0 aromatic carbocycles. The molecular weight excluding hydrogens is 140 g/mol. The standard InChI is InChI=1S/C8H18N2O/c1-10-4-3-8(5-9,6-10)7-11-2/h3-7,9H2,1-2H3. The molecular formula is C8H18N2O. The number of likely N-dealkylation sites (tertiary alicyclic amines) is 1. The molecule has 0 saturated carbocycles. The van der Waals surface area contributed by atoms with Gasteiger partial charge in [-0.3, -0.25) is 0 Å². The second-order valence-electron chi connectivity index (χ2n) is 3.62. The molecule has 3 heteroatoms. The van der Waals surface area contributed by atoms with Crippen molar-refractivity contribution < 1.29 is 4.74 Å². The summed E-state index contributed by atoms with van der Waals surface area (Å²) in [5, 5.41) is 0. The maximum atomic E-state index is 5.71. The van der Waals surface area contributed by atoms with Crippen LogP contribution in [0.25, 0.3) is 0 Å². The Labute approximate surface area is 68.5 Å². The van der Waals surface area contributed by atoms with Crippen molar-refractivity contribution in [2.45, 2.75) is 6.42 Å². The summed E-state index contributed by atoms with van der Waals surface area (Å²) in [5.74, 6) is 0. The first-order chi connectivity index (χ1) is 5.22. The van der Waals surface area contributed by atoms with Crippen molar-refractivity contribution in [3.63, 3.8) is 0 Å². The Morgan fingerprint density at radius 2 is 2.36 bits per heavy atom. The Bertz CT molecular complexity index is 125. The van der Waals surface area contributed by atoms with E-state index in [9.17, 15) is 0 Å². The van der Waals surface area contributed by atoms with Gasteiger partial charge in [-0.25, -0.2) is 0 Å². The zero-order chi connectivity index (χ0) is 8.32. The van der Waals surface area contributed by atoms with E-state index in [1.165, 1.54) is 6.42 Å². The highest BCUT2D eigenvalue weighted by Gasteiger charge is 2.35. The molecule has 0 radical (unpaired) electrons. The van der Waals surface area contributed by atoms with E-state index in [2.05, 4.69) is 11.9 Å². The molecule has 11 heavy (non-hydrogen) atoms. The Morgan fingerprint density at radius 3 is 2.73 bits per heavy atom. The molecule has 0 aromatic heterocycles. The molecule has 1 unspecified atom stereocenters. The predicted molar refractivity (Wildman–Crippen MR) is 45.5 cm³/mol. The summed E-state index contributed by atoms with van der Waals surface area (Å²) in [6, 6.07) is 0. The van der Waals surface area contributed by atoms with Crippen LogP contribution in [0, 0.1) is 5.41 Å². The minimum atomic E-state index is 0.240. The average molecular weight is 158 g/mol. The molecule has 1 atom stereocenters. The summed E-state index contributed by atoms with van der Waals surface area (Å²) in [4.78, 5) is 2.31. The number of hydrogen-bond donors (Lipinski definition) is 1. The minimum absolute atomic E-state index is 0.240. The molecule has 0 spiro atoms. The lowest BCUT2D eigenvalue weighted by Gasteiger charge is -2.25. The van der Waals surface area contributed by atoms with Gasteiger partial charge in [-0.05, 0) is 20.0 Å². The fraction of sp³-hybridized carbons (Fsp3) is 1.00. The lowest BCUT2D eigenvalue weighted by molar-refractivity contribution is 0.0914. The van der Waals surface area contributed by atoms with E-state index < -0.39 is 0 Å². The fourth-order valence-electron chi connectivity index (χ4n) is 1.81. The van der Waals surface area contributed by atoms with Crippen LogP contribution in [0.2, 0.25) is 0 Å². The molecule has 1 aliphatic heterocycles. The zero-order valence-corrected chi connectivity index (χ0v) is 7.47. The summed E-state index contributed by atoms with van der Waals surface area (Å²) in [6.45, 7) is 3.77. The van der Waals surface area contributed by atoms with Crippen molar-refractivity contribution in [3.05, 3.63) is 0 Å². The second-order valence-corrected chi connectivity index (χ2v) is 3.62. The zero-order valence-electron chi connectivity index (χ0n) is 7.47. The highest BCUT2D eigenvalue weighted by molar-refractivity contribution is 4.89. The predicted octanol–water partition coefficient (Wildman–Crippen LogP) is -0.0866. The fourth-order valence-corrected chi connectivity index (χ4v) is 1.81. The van der Waals surface area contributed by atoms with Crippen molar-refractivity contribution in [3.8, 4) is 0 Å². The molecule has 0 bridgehead atoms. The molecule has 66 valence electrons. The molecule has 0 amide bonds. The quantitative estimate of drug-likeness (QED) is 0.624. The molecule has 0 aliphatic carbocycles. The van der Waals surface area contributed by atoms with E-state index >= 15 is 0 Å². The summed E-state index contributed by atoms with van der Waals surface area (Å²) < 4.78 is 5.16. The van der Waals surface area contributed by atoms with Crippen LogP contribution in [0.3, 0.4) is 0 Å². The minimum Gasteiger partial charge on any atom is -0.384 e. The van der Waals surface area contributed by atoms with Gasteiger partial charge >= 0.3 is 0 Å². The second kappa shape index (κ2) is 3.52. The monoisotopic (exact) mass is 158 g/mol. The molecule has 0 aromatic rings. The van der Waals surface area contributed by atoms with E-state index in [0.29, 0.717) is 0 Å².